The Labute approximate surface area is 259 Å². The number of rotatable bonds is 11. The molecule has 6 rings (SSSR count). The minimum absolute atomic E-state index is 0.0676. The molecule has 8 nitrogen and oxygen atoms in total. The lowest BCUT2D eigenvalue weighted by Gasteiger charge is -2.22. The number of hydrogen-bond donors (Lipinski definition) is 1. The Morgan fingerprint density at radius 2 is 1.80 bits per heavy atom. The summed E-state index contributed by atoms with van der Waals surface area (Å²) >= 11 is 0. The fraction of sp³-hybridized carbons (Fsp3) is 0.257. The van der Waals surface area contributed by atoms with Gasteiger partial charge in [0.05, 0.1) is 33.9 Å². The smallest absolute Gasteiger partial charge is 0.335 e. The van der Waals surface area contributed by atoms with E-state index in [4.69, 9.17) is 15.0 Å². The Morgan fingerprint density at radius 1 is 1.02 bits per heavy atom. The molecule has 0 spiro atoms. The maximum Gasteiger partial charge on any atom is 0.335 e. The lowest BCUT2D eigenvalue weighted by atomic mass is 10.0. The van der Waals surface area contributed by atoms with E-state index >= 15 is 4.39 Å². The quantitative estimate of drug-likeness (QED) is 0.184. The number of imidazole rings is 1. The topological polar surface area (TPSA) is 104 Å². The highest BCUT2D eigenvalue weighted by Crippen LogP contribution is 2.48. The van der Waals surface area contributed by atoms with E-state index in [1.807, 2.05) is 20.2 Å². The number of halogens is 2. The van der Waals surface area contributed by atoms with Crippen molar-refractivity contribution in [1.29, 1.82) is 5.26 Å². The molecule has 1 saturated carbocycles. The van der Waals surface area contributed by atoms with Gasteiger partial charge in [-0.25, -0.2) is 23.5 Å². The number of fused-ring (bicyclic) bond motifs is 1. The number of nitrogens with zero attached hydrogens (tertiary/aromatic N) is 5. The molecule has 1 aliphatic carbocycles. The van der Waals surface area contributed by atoms with Gasteiger partial charge in [0.1, 0.15) is 24.1 Å². The summed E-state index contributed by atoms with van der Waals surface area (Å²) in [6.07, 6.45) is 2.35. The average molecular weight is 608 g/mol. The molecule has 0 amide bonds. The van der Waals surface area contributed by atoms with Crippen molar-refractivity contribution in [3.05, 3.63) is 113 Å². The number of carboxylic acids is 1. The van der Waals surface area contributed by atoms with E-state index in [-0.39, 0.29) is 41.0 Å². The van der Waals surface area contributed by atoms with Crippen LogP contribution in [0.3, 0.4) is 0 Å². The number of nitriles is 1. The van der Waals surface area contributed by atoms with Gasteiger partial charge in [-0.15, -0.1) is 0 Å². The Hall–Kier alpha value is -5.14. The number of pyridine rings is 1. The molecule has 0 atom stereocenters. The van der Waals surface area contributed by atoms with Crippen LogP contribution in [0.2, 0.25) is 0 Å². The predicted octanol–water partition coefficient (Wildman–Crippen LogP) is 6.46. The first-order valence-electron chi connectivity index (χ1n) is 14.6. The van der Waals surface area contributed by atoms with Crippen LogP contribution in [0.1, 0.15) is 45.7 Å². The highest BCUT2D eigenvalue weighted by molar-refractivity contribution is 5.92. The van der Waals surface area contributed by atoms with Crippen LogP contribution >= 0.6 is 0 Å². The van der Waals surface area contributed by atoms with E-state index in [1.54, 1.807) is 48.5 Å². The zero-order chi connectivity index (χ0) is 31.7. The van der Waals surface area contributed by atoms with E-state index in [9.17, 15) is 14.3 Å². The van der Waals surface area contributed by atoms with Crippen LogP contribution in [0.5, 0.6) is 5.88 Å². The van der Waals surface area contributed by atoms with Crippen molar-refractivity contribution in [2.75, 3.05) is 20.6 Å². The van der Waals surface area contributed by atoms with Crippen molar-refractivity contribution >= 4 is 17.0 Å². The van der Waals surface area contributed by atoms with Crippen molar-refractivity contribution in [2.45, 2.75) is 32.4 Å². The largest absolute Gasteiger partial charge is 0.478 e. The van der Waals surface area contributed by atoms with Gasteiger partial charge in [-0.1, -0.05) is 24.3 Å². The summed E-state index contributed by atoms with van der Waals surface area (Å²) in [6, 6.07) is 21.0. The second kappa shape index (κ2) is 12.1. The van der Waals surface area contributed by atoms with Gasteiger partial charge in [-0.3, -0.25) is 0 Å². The second-order valence-electron chi connectivity index (χ2n) is 11.9. The fourth-order valence-corrected chi connectivity index (χ4v) is 5.73. The Balaban J connectivity index is 1.25. The monoisotopic (exact) mass is 607 g/mol. The maximum absolute atomic E-state index is 15.6. The van der Waals surface area contributed by atoms with Gasteiger partial charge in [0, 0.05) is 42.1 Å². The number of benzene rings is 3. The molecule has 5 aromatic rings. The fourth-order valence-electron chi connectivity index (χ4n) is 5.73. The first-order chi connectivity index (χ1) is 21.6. The lowest BCUT2D eigenvalue weighted by molar-refractivity contribution is 0.0697. The van der Waals surface area contributed by atoms with E-state index < -0.39 is 17.6 Å². The van der Waals surface area contributed by atoms with Gasteiger partial charge in [0.25, 0.3) is 0 Å². The number of carboxylic acid groups (broad SMARTS) is 1. The first kappa shape index (κ1) is 29.9. The molecule has 45 heavy (non-hydrogen) atoms. The highest BCUT2D eigenvalue weighted by Gasteiger charge is 2.44. The Kier molecular flexibility index (Phi) is 8.04. The zero-order valence-corrected chi connectivity index (χ0v) is 24.9. The zero-order valence-electron chi connectivity index (χ0n) is 24.9. The van der Waals surface area contributed by atoms with Crippen LogP contribution < -0.4 is 4.74 Å². The molecule has 0 radical (unpaired) electrons. The summed E-state index contributed by atoms with van der Waals surface area (Å²) in [6.45, 7) is 1.49. The molecular weight excluding hydrogens is 576 g/mol. The molecule has 1 aliphatic rings. The molecular formula is C35H31F2N5O3. The van der Waals surface area contributed by atoms with E-state index in [1.165, 1.54) is 18.2 Å². The van der Waals surface area contributed by atoms with Crippen LogP contribution in [-0.2, 0) is 19.6 Å². The van der Waals surface area contributed by atoms with Crippen molar-refractivity contribution in [1.82, 2.24) is 19.4 Å². The summed E-state index contributed by atoms with van der Waals surface area (Å²) in [4.78, 5) is 23.2. The number of hydrogen-bond acceptors (Lipinski definition) is 6. The van der Waals surface area contributed by atoms with Crippen molar-refractivity contribution in [2.24, 2.45) is 5.41 Å². The molecule has 2 heterocycles. The number of aromatic carboxylic acids is 1. The first-order valence-corrected chi connectivity index (χ1v) is 14.6. The Morgan fingerprint density at radius 3 is 2.49 bits per heavy atom. The van der Waals surface area contributed by atoms with Crippen molar-refractivity contribution in [3.63, 3.8) is 0 Å². The SMILES string of the molecule is CN(C)CC1(Cn2c(Cc3ccc(-c4cccc(OCc5ccc(C#N)cc5F)n4)cc3F)nc3ccc(C(=O)O)cc32)CC1. The molecule has 0 unspecified atom stereocenters. The van der Waals surface area contributed by atoms with Gasteiger partial charge < -0.3 is 19.3 Å². The summed E-state index contributed by atoms with van der Waals surface area (Å²) in [5.74, 6) is -1.04. The molecule has 1 fully saturated rings. The van der Waals surface area contributed by atoms with Gasteiger partial charge in [0.15, 0.2) is 0 Å². The lowest BCUT2D eigenvalue weighted by Crippen LogP contribution is -2.27. The number of aromatic nitrogens is 3. The standard InChI is InChI=1S/C35H31F2N5O3/c1-41(2)20-35(12-13-35)21-42-31-16-25(34(43)44)10-11-30(31)39-32(42)17-23-8-9-24(15-28(23)37)29-4-3-5-33(40-29)45-19-26-7-6-22(18-38)14-27(26)36/h3-11,14-16H,12-13,17,19-21H2,1-2H3,(H,43,44). The van der Waals surface area contributed by atoms with Crippen molar-refractivity contribution in [3.8, 4) is 23.2 Å². The van der Waals surface area contributed by atoms with Crippen LogP contribution in [0.15, 0.2) is 72.8 Å². The number of carbonyl (C=O) groups is 1. The second-order valence-corrected chi connectivity index (χ2v) is 11.9. The summed E-state index contributed by atoms with van der Waals surface area (Å²) < 4.78 is 37.7. The summed E-state index contributed by atoms with van der Waals surface area (Å²) in [5, 5.41) is 18.5. The molecule has 2 aromatic heterocycles. The third-order valence-electron chi connectivity index (χ3n) is 8.16. The number of ether oxygens (including phenoxy) is 1. The molecule has 0 aliphatic heterocycles. The molecule has 0 saturated heterocycles. The Bertz CT molecular complexity index is 1960. The average Bonchev–Trinajstić information content (AvgIpc) is 3.69. The van der Waals surface area contributed by atoms with Gasteiger partial charge in [0.2, 0.25) is 5.88 Å². The third-order valence-corrected chi connectivity index (χ3v) is 8.16. The highest BCUT2D eigenvalue weighted by atomic mass is 19.1. The van der Waals surface area contributed by atoms with E-state index in [0.29, 0.717) is 34.7 Å². The molecule has 1 N–H and O–H groups in total. The molecule has 10 heteroatoms. The van der Waals surface area contributed by atoms with E-state index in [2.05, 4.69) is 14.5 Å². The van der Waals surface area contributed by atoms with Crippen LogP contribution in [0.4, 0.5) is 8.78 Å². The summed E-state index contributed by atoms with van der Waals surface area (Å²) in [7, 11) is 4.08. The molecule has 3 aromatic carbocycles. The maximum atomic E-state index is 15.6. The van der Waals surface area contributed by atoms with Crippen LogP contribution in [-0.4, -0.2) is 51.2 Å². The van der Waals surface area contributed by atoms with Crippen LogP contribution in [0, 0.1) is 28.4 Å². The summed E-state index contributed by atoms with van der Waals surface area (Å²) in [5.41, 5.74) is 3.67. The van der Waals surface area contributed by atoms with Gasteiger partial charge >= 0.3 is 5.97 Å². The van der Waals surface area contributed by atoms with Crippen LogP contribution in [0.25, 0.3) is 22.3 Å². The van der Waals surface area contributed by atoms with Gasteiger partial charge in [-0.2, -0.15) is 5.26 Å². The normalized spacial score (nSPS) is 13.6. The van der Waals surface area contributed by atoms with Gasteiger partial charge in [-0.05, 0) is 75.0 Å². The van der Waals surface area contributed by atoms with Crippen molar-refractivity contribution < 1.29 is 23.4 Å². The third kappa shape index (κ3) is 6.54. The molecule has 228 valence electrons. The van der Waals surface area contributed by atoms with E-state index in [0.717, 1.165) is 31.0 Å². The molecule has 0 bridgehead atoms. The minimum Gasteiger partial charge on any atom is -0.478 e. The minimum atomic E-state index is -1.01. The predicted molar refractivity (Wildman–Crippen MR) is 165 cm³/mol.